The van der Waals surface area contributed by atoms with Gasteiger partial charge in [0.05, 0.1) is 12.7 Å². The lowest BCUT2D eigenvalue weighted by molar-refractivity contribution is -0.154. The van der Waals surface area contributed by atoms with Gasteiger partial charge in [0.1, 0.15) is 5.01 Å². The zero-order chi connectivity index (χ0) is 18.5. The molecule has 1 aliphatic rings. The zero-order valence-electron chi connectivity index (χ0n) is 14.7. The van der Waals surface area contributed by atoms with Crippen molar-refractivity contribution in [2.75, 3.05) is 20.2 Å². The number of aryl methyl sites for hydroxylation is 1. The zero-order valence-corrected chi connectivity index (χ0v) is 15.5. The van der Waals surface area contributed by atoms with Gasteiger partial charge in [-0.3, -0.25) is 4.89 Å². The van der Waals surface area contributed by atoms with Crippen LogP contribution in [0.3, 0.4) is 0 Å². The predicted molar refractivity (Wildman–Crippen MR) is 96.2 cm³/mol. The minimum absolute atomic E-state index is 0.237. The summed E-state index contributed by atoms with van der Waals surface area (Å²) in [6.45, 7) is 3.27. The molecule has 1 aromatic carbocycles. The summed E-state index contributed by atoms with van der Waals surface area (Å²) in [6, 6.07) is 4.82. The molecule has 2 heterocycles. The number of aromatic nitrogens is 1. The van der Waals surface area contributed by atoms with Crippen LogP contribution in [0.1, 0.15) is 34.5 Å². The molecule has 0 bridgehead atoms. The molecule has 1 aliphatic heterocycles. The lowest BCUT2D eigenvalue weighted by Crippen LogP contribution is -2.36. The number of hydrogen-bond donors (Lipinski definition) is 0. The van der Waals surface area contributed by atoms with E-state index in [0.717, 1.165) is 29.1 Å². The van der Waals surface area contributed by atoms with Crippen molar-refractivity contribution in [1.29, 1.82) is 0 Å². The second-order valence-corrected chi connectivity index (χ2v) is 7.23. The van der Waals surface area contributed by atoms with Gasteiger partial charge in [0.2, 0.25) is 0 Å². The summed E-state index contributed by atoms with van der Waals surface area (Å²) in [6.07, 6.45) is 4.25. The molecule has 0 aliphatic carbocycles. The van der Waals surface area contributed by atoms with Crippen molar-refractivity contribution < 1.29 is 24.1 Å². The lowest BCUT2D eigenvalue weighted by atomic mass is 10.1. The number of piperidine rings is 1. The summed E-state index contributed by atoms with van der Waals surface area (Å²) in [7, 11) is 1.31. The number of carbonyl (C=O) groups excluding carboxylic acids is 2. The van der Waals surface area contributed by atoms with Gasteiger partial charge in [0.25, 0.3) is 0 Å². The van der Waals surface area contributed by atoms with E-state index in [1.165, 1.54) is 24.5 Å². The second kappa shape index (κ2) is 8.18. The molecule has 26 heavy (non-hydrogen) atoms. The third-order valence-corrected chi connectivity index (χ3v) is 4.98. The average molecular weight is 376 g/mol. The summed E-state index contributed by atoms with van der Waals surface area (Å²) in [4.78, 5) is 41.1. The van der Waals surface area contributed by atoms with E-state index < -0.39 is 12.1 Å². The molecule has 0 N–H and O–H groups in total. The van der Waals surface area contributed by atoms with E-state index in [-0.39, 0.29) is 5.75 Å². The Kier molecular flexibility index (Phi) is 5.72. The van der Waals surface area contributed by atoms with Crippen molar-refractivity contribution in [2.45, 2.75) is 26.2 Å². The van der Waals surface area contributed by atoms with Crippen LogP contribution in [0.4, 0.5) is 4.79 Å². The Labute approximate surface area is 155 Å². The van der Waals surface area contributed by atoms with Gasteiger partial charge in [-0.25, -0.2) is 19.5 Å². The van der Waals surface area contributed by atoms with E-state index in [1.807, 2.05) is 6.92 Å². The van der Waals surface area contributed by atoms with Gasteiger partial charge < -0.3 is 9.64 Å². The standard InChI is InChI=1S/C18H20N2O5S/c1-12-11-19-16(26-12)13-8-14(17(21)23-2)10-15(9-13)24-25-18(22)20-6-4-3-5-7-20/h8-11H,3-7H2,1-2H3. The minimum Gasteiger partial charge on any atom is -0.465 e. The Morgan fingerprint density at radius 2 is 1.92 bits per heavy atom. The highest BCUT2D eigenvalue weighted by atomic mass is 32.1. The van der Waals surface area contributed by atoms with Crippen LogP contribution in [0.15, 0.2) is 24.4 Å². The maximum Gasteiger partial charge on any atom is 0.452 e. The Hall–Kier alpha value is -2.61. The highest BCUT2D eigenvalue weighted by molar-refractivity contribution is 7.14. The summed E-state index contributed by atoms with van der Waals surface area (Å²) < 4.78 is 4.78. The molecule has 8 heteroatoms. The molecule has 1 amide bonds. The van der Waals surface area contributed by atoms with E-state index in [2.05, 4.69) is 4.98 Å². The van der Waals surface area contributed by atoms with Crippen LogP contribution in [-0.2, 0) is 9.62 Å². The fourth-order valence-electron chi connectivity index (χ4n) is 2.71. The molecule has 138 valence electrons. The third-order valence-electron chi connectivity index (χ3n) is 4.02. The Morgan fingerprint density at radius 3 is 2.58 bits per heavy atom. The number of carbonyl (C=O) groups is 2. The van der Waals surface area contributed by atoms with Crippen molar-refractivity contribution in [3.63, 3.8) is 0 Å². The third kappa shape index (κ3) is 4.32. The van der Waals surface area contributed by atoms with Crippen LogP contribution in [0.5, 0.6) is 5.75 Å². The molecular weight excluding hydrogens is 356 g/mol. The van der Waals surface area contributed by atoms with Crippen molar-refractivity contribution in [1.82, 2.24) is 9.88 Å². The van der Waals surface area contributed by atoms with Crippen LogP contribution >= 0.6 is 11.3 Å². The number of likely N-dealkylation sites (tertiary alicyclic amines) is 1. The van der Waals surface area contributed by atoms with Gasteiger partial charge in [-0.2, -0.15) is 0 Å². The summed E-state index contributed by atoms with van der Waals surface area (Å²) in [5, 5.41) is 0.737. The van der Waals surface area contributed by atoms with E-state index in [0.29, 0.717) is 24.2 Å². The number of hydrogen-bond acceptors (Lipinski definition) is 7. The summed E-state index contributed by atoms with van der Waals surface area (Å²) in [5.41, 5.74) is 0.983. The van der Waals surface area contributed by atoms with Crippen LogP contribution in [0.25, 0.3) is 10.6 Å². The molecule has 2 aromatic rings. The van der Waals surface area contributed by atoms with Crippen molar-refractivity contribution in [3.8, 4) is 16.3 Å². The molecule has 0 atom stereocenters. The highest BCUT2D eigenvalue weighted by Gasteiger charge is 2.20. The molecule has 7 nitrogen and oxygen atoms in total. The van der Waals surface area contributed by atoms with Crippen molar-refractivity contribution in [3.05, 3.63) is 34.8 Å². The maximum absolute atomic E-state index is 12.1. The van der Waals surface area contributed by atoms with E-state index in [1.54, 1.807) is 23.2 Å². The van der Waals surface area contributed by atoms with Gasteiger partial charge in [0.15, 0.2) is 5.75 Å². The Morgan fingerprint density at radius 1 is 1.15 bits per heavy atom. The van der Waals surface area contributed by atoms with E-state index >= 15 is 0 Å². The van der Waals surface area contributed by atoms with Crippen LogP contribution in [0, 0.1) is 6.92 Å². The summed E-state index contributed by atoms with van der Waals surface area (Å²) in [5.74, 6) is -0.270. The minimum atomic E-state index is -0.528. The first-order chi connectivity index (χ1) is 12.6. The second-order valence-electron chi connectivity index (χ2n) is 5.99. The highest BCUT2D eigenvalue weighted by Crippen LogP contribution is 2.30. The Bertz CT molecular complexity index is 799. The number of rotatable bonds is 4. The first-order valence-corrected chi connectivity index (χ1v) is 9.18. The van der Waals surface area contributed by atoms with E-state index in [4.69, 9.17) is 14.5 Å². The molecule has 1 aromatic heterocycles. The molecule has 0 unspecified atom stereocenters. The Balaban J connectivity index is 1.78. The van der Waals surface area contributed by atoms with Crippen LogP contribution in [-0.4, -0.2) is 42.1 Å². The predicted octanol–water partition coefficient (Wildman–Crippen LogP) is 3.82. The number of thiazole rings is 1. The molecule has 3 rings (SSSR count). The fourth-order valence-corrected chi connectivity index (χ4v) is 3.46. The first-order valence-electron chi connectivity index (χ1n) is 8.36. The molecule has 0 saturated carbocycles. The molecule has 0 spiro atoms. The first kappa shape index (κ1) is 18.2. The number of amides is 1. The monoisotopic (exact) mass is 376 g/mol. The smallest absolute Gasteiger partial charge is 0.452 e. The molecule has 0 radical (unpaired) electrons. The van der Waals surface area contributed by atoms with Gasteiger partial charge >= 0.3 is 12.1 Å². The number of ether oxygens (including phenoxy) is 1. The molecule has 1 saturated heterocycles. The number of esters is 1. The quantitative estimate of drug-likeness (QED) is 0.459. The van der Waals surface area contributed by atoms with E-state index in [9.17, 15) is 9.59 Å². The maximum atomic E-state index is 12.1. The number of nitrogens with zero attached hydrogens (tertiary/aromatic N) is 2. The van der Waals surface area contributed by atoms with Gasteiger partial charge in [-0.1, -0.05) is 0 Å². The number of methoxy groups -OCH3 is 1. The van der Waals surface area contributed by atoms with Crippen LogP contribution in [0.2, 0.25) is 0 Å². The SMILES string of the molecule is COC(=O)c1cc(OOC(=O)N2CCCCC2)cc(-c2ncc(C)s2)c1. The fraction of sp³-hybridized carbons (Fsp3) is 0.389. The molecule has 1 fully saturated rings. The van der Waals surface area contributed by atoms with Gasteiger partial charge in [-0.15, -0.1) is 11.3 Å². The number of benzene rings is 1. The van der Waals surface area contributed by atoms with Gasteiger partial charge in [0, 0.05) is 29.7 Å². The topological polar surface area (TPSA) is 78.0 Å². The molecular formula is C18H20N2O5S. The largest absolute Gasteiger partial charge is 0.465 e. The lowest BCUT2D eigenvalue weighted by Gasteiger charge is -2.24. The van der Waals surface area contributed by atoms with Crippen molar-refractivity contribution >= 4 is 23.4 Å². The van der Waals surface area contributed by atoms with Crippen molar-refractivity contribution in [2.24, 2.45) is 0 Å². The van der Waals surface area contributed by atoms with Crippen LogP contribution < -0.4 is 4.89 Å². The van der Waals surface area contributed by atoms with Gasteiger partial charge in [-0.05, 0) is 44.4 Å². The normalized spacial score (nSPS) is 14.0. The summed E-state index contributed by atoms with van der Waals surface area (Å²) >= 11 is 1.49. The average Bonchev–Trinajstić information content (AvgIpc) is 3.12.